The number of carbonyl (C=O) groups is 1. The van der Waals surface area contributed by atoms with E-state index in [1.54, 1.807) is 7.11 Å². The fourth-order valence-corrected chi connectivity index (χ4v) is 4.10. The molecule has 0 saturated carbocycles. The summed E-state index contributed by atoms with van der Waals surface area (Å²) in [6, 6.07) is 5.98. The van der Waals surface area contributed by atoms with Crippen molar-refractivity contribution >= 4 is 22.3 Å². The molecule has 0 spiro atoms. The number of carboxylic acid groups (broad SMARTS) is 1. The van der Waals surface area contributed by atoms with Gasteiger partial charge >= 0.3 is 5.97 Å². The molecule has 5 nitrogen and oxygen atoms in total. The van der Waals surface area contributed by atoms with E-state index in [0.717, 1.165) is 51.8 Å². The smallest absolute Gasteiger partial charge is 0.347 e. The van der Waals surface area contributed by atoms with Crippen molar-refractivity contribution in [3.05, 3.63) is 40.0 Å². The van der Waals surface area contributed by atoms with Crippen LogP contribution in [0.2, 0.25) is 0 Å². The molecule has 6 heteroatoms. The zero-order valence-corrected chi connectivity index (χ0v) is 15.0. The lowest BCUT2D eigenvalue weighted by Gasteiger charge is -2.07. The molecule has 0 saturated heterocycles. The summed E-state index contributed by atoms with van der Waals surface area (Å²) in [5.41, 5.74) is 4.77. The van der Waals surface area contributed by atoms with Crippen molar-refractivity contribution in [1.29, 1.82) is 0 Å². The summed E-state index contributed by atoms with van der Waals surface area (Å²) in [4.78, 5) is 17.3. The molecule has 0 aliphatic heterocycles. The number of hydrogen-bond donors (Lipinski definition) is 1. The molecule has 0 bridgehead atoms. The van der Waals surface area contributed by atoms with Crippen molar-refractivity contribution in [2.75, 3.05) is 7.11 Å². The molecule has 126 valence electrons. The highest BCUT2D eigenvalue weighted by molar-refractivity contribution is 7.19. The average molecular weight is 344 g/mol. The molecule has 1 aromatic carbocycles. The summed E-state index contributed by atoms with van der Waals surface area (Å²) >= 11 is 1.24. The van der Waals surface area contributed by atoms with Crippen LogP contribution in [0.25, 0.3) is 16.2 Å². The molecule has 3 aromatic rings. The van der Waals surface area contributed by atoms with Crippen LogP contribution in [0.4, 0.5) is 0 Å². The van der Waals surface area contributed by atoms with Gasteiger partial charge in [0, 0.05) is 17.0 Å². The molecule has 2 aromatic heterocycles. The Balaban J connectivity index is 2.19. The van der Waals surface area contributed by atoms with Crippen LogP contribution in [-0.2, 0) is 6.42 Å². The van der Waals surface area contributed by atoms with E-state index >= 15 is 0 Å². The van der Waals surface area contributed by atoms with Crippen LogP contribution in [0.1, 0.15) is 40.0 Å². The maximum atomic E-state index is 11.5. The van der Waals surface area contributed by atoms with Crippen molar-refractivity contribution in [2.45, 2.75) is 33.6 Å². The number of fused-ring (bicyclic) bond motifs is 1. The van der Waals surface area contributed by atoms with Gasteiger partial charge in [0.15, 0.2) is 4.96 Å². The van der Waals surface area contributed by atoms with Crippen molar-refractivity contribution < 1.29 is 14.6 Å². The number of aromatic carboxylic acids is 1. The third kappa shape index (κ3) is 2.57. The number of ether oxygens (including phenoxy) is 1. The summed E-state index contributed by atoms with van der Waals surface area (Å²) in [6.07, 6.45) is 1.61. The average Bonchev–Trinajstić information content (AvgIpc) is 3.06. The Kier molecular flexibility index (Phi) is 4.32. The van der Waals surface area contributed by atoms with Gasteiger partial charge in [-0.2, -0.15) is 0 Å². The van der Waals surface area contributed by atoms with E-state index in [-0.39, 0.29) is 0 Å². The van der Waals surface area contributed by atoms with E-state index in [9.17, 15) is 9.90 Å². The largest absolute Gasteiger partial charge is 0.496 e. The molecular weight excluding hydrogens is 324 g/mol. The fraction of sp³-hybridized carbons (Fsp3) is 0.333. The van der Waals surface area contributed by atoms with Crippen LogP contribution in [-0.4, -0.2) is 27.6 Å². The Morgan fingerprint density at radius 3 is 2.71 bits per heavy atom. The lowest BCUT2D eigenvalue weighted by atomic mass is 10.1. The summed E-state index contributed by atoms with van der Waals surface area (Å²) < 4.78 is 7.31. The van der Waals surface area contributed by atoms with Crippen LogP contribution in [0, 0.1) is 13.8 Å². The van der Waals surface area contributed by atoms with Crippen molar-refractivity contribution in [2.24, 2.45) is 0 Å². The van der Waals surface area contributed by atoms with Crippen molar-refractivity contribution in [3.63, 3.8) is 0 Å². The molecular formula is C18H20N2O3S. The zero-order valence-electron chi connectivity index (χ0n) is 14.2. The van der Waals surface area contributed by atoms with Gasteiger partial charge in [0.25, 0.3) is 0 Å². The Morgan fingerprint density at radius 1 is 1.38 bits per heavy atom. The van der Waals surface area contributed by atoms with Crippen LogP contribution in [0.3, 0.4) is 0 Å². The second-order valence-corrected chi connectivity index (χ2v) is 6.76. The van der Waals surface area contributed by atoms with E-state index in [0.29, 0.717) is 4.88 Å². The van der Waals surface area contributed by atoms with Gasteiger partial charge in [-0.3, -0.25) is 4.40 Å². The van der Waals surface area contributed by atoms with Gasteiger partial charge in [0.2, 0.25) is 0 Å². The number of imidazole rings is 1. The summed E-state index contributed by atoms with van der Waals surface area (Å²) in [5.74, 6) is -0.0348. The highest BCUT2D eigenvalue weighted by atomic mass is 32.1. The van der Waals surface area contributed by atoms with Gasteiger partial charge in [-0.1, -0.05) is 24.7 Å². The number of nitrogens with zero attached hydrogens (tertiary/aromatic N) is 2. The molecule has 3 rings (SSSR count). The van der Waals surface area contributed by atoms with Crippen LogP contribution >= 0.6 is 11.3 Å². The minimum atomic E-state index is -0.879. The third-order valence-corrected chi connectivity index (χ3v) is 5.22. The summed E-state index contributed by atoms with van der Waals surface area (Å²) in [6.45, 7) is 6.04. The SMILES string of the molecule is CCCc1c(C(=O)O)sc2nc(-c3ccc(OC)c(C)c3)c(C)n12. The summed E-state index contributed by atoms with van der Waals surface area (Å²) in [5, 5.41) is 9.44. The van der Waals surface area contributed by atoms with Crippen LogP contribution < -0.4 is 4.74 Å². The molecule has 1 N–H and O–H groups in total. The lowest BCUT2D eigenvalue weighted by Crippen LogP contribution is -2.02. The van der Waals surface area contributed by atoms with E-state index in [1.165, 1.54) is 11.3 Å². The fourth-order valence-electron chi connectivity index (χ4n) is 3.04. The first-order valence-corrected chi connectivity index (χ1v) is 8.68. The van der Waals surface area contributed by atoms with Crippen molar-refractivity contribution in [1.82, 2.24) is 9.38 Å². The van der Waals surface area contributed by atoms with Crippen molar-refractivity contribution in [3.8, 4) is 17.0 Å². The minimum absolute atomic E-state index is 0.389. The number of rotatable bonds is 5. The Bertz CT molecular complexity index is 924. The standard InChI is InChI=1S/C18H20N2O3S/c1-5-6-13-16(17(21)22)24-18-19-15(11(3)20(13)18)12-7-8-14(23-4)10(2)9-12/h7-9H,5-6H2,1-4H3,(H,21,22). The second-order valence-electron chi connectivity index (χ2n) is 5.78. The molecule has 24 heavy (non-hydrogen) atoms. The molecule has 0 aliphatic rings. The maximum Gasteiger partial charge on any atom is 0.347 e. The predicted molar refractivity (Wildman–Crippen MR) is 95.5 cm³/mol. The molecule has 2 heterocycles. The Hall–Kier alpha value is -2.34. The number of thiazole rings is 1. The number of carboxylic acids is 1. The number of aromatic nitrogens is 2. The number of hydrogen-bond acceptors (Lipinski definition) is 4. The molecule has 0 aliphatic carbocycles. The van der Waals surface area contributed by atoms with Gasteiger partial charge < -0.3 is 9.84 Å². The number of methoxy groups -OCH3 is 1. The normalized spacial score (nSPS) is 11.2. The molecule has 0 unspecified atom stereocenters. The zero-order chi connectivity index (χ0) is 17.4. The monoisotopic (exact) mass is 344 g/mol. The topological polar surface area (TPSA) is 63.8 Å². The quantitative estimate of drug-likeness (QED) is 0.748. The molecule has 0 atom stereocenters. The van der Waals surface area contributed by atoms with Gasteiger partial charge in [-0.25, -0.2) is 9.78 Å². The molecule has 0 radical (unpaired) electrons. The van der Waals surface area contributed by atoms with Gasteiger partial charge in [-0.15, -0.1) is 0 Å². The predicted octanol–water partition coefficient (Wildman–Crippen LogP) is 4.34. The molecule has 0 fully saturated rings. The Morgan fingerprint density at radius 2 is 2.12 bits per heavy atom. The number of aryl methyl sites for hydroxylation is 3. The summed E-state index contributed by atoms with van der Waals surface area (Å²) in [7, 11) is 1.66. The van der Waals surface area contributed by atoms with Gasteiger partial charge in [0.1, 0.15) is 10.6 Å². The second kappa shape index (κ2) is 6.28. The first-order chi connectivity index (χ1) is 11.5. The first kappa shape index (κ1) is 16.5. The number of benzene rings is 1. The highest BCUT2D eigenvalue weighted by Crippen LogP contribution is 2.33. The molecule has 0 amide bonds. The third-order valence-electron chi connectivity index (χ3n) is 4.15. The van der Waals surface area contributed by atoms with Gasteiger partial charge in [-0.05, 0) is 44.0 Å². The first-order valence-electron chi connectivity index (χ1n) is 7.87. The van der Waals surface area contributed by atoms with Crippen LogP contribution in [0.5, 0.6) is 5.75 Å². The van der Waals surface area contributed by atoms with Crippen LogP contribution in [0.15, 0.2) is 18.2 Å². The van der Waals surface area contributed by atoms with E-state index in [2.05, 4.69) is 13.0 Å². The highest BCUT2D eigenvalue weighted by Gasteiger charge is 2.22. The Labute approximate surface area is 144 Å². The van der Waals surface area contributed by atoms with E-state index in [1.807, 2.05) is 30.4 Å². The van der Waals surface area contributed by atoms with Gasteiger partial charge in [0.05, 0.1) is 12.8 Å². The lowest BCUT2D eigenvalue weighted by molar-refractivity contribution is 0.0700. The van der Waals surface area contributed by atoms with E-state index < -0.39 is 5.97 Å². The van der Waals surface area contributed by atoms with E-state index in [4.69, 9.17) is 9.72 Å². The minimum Gasteiger partial charge on any atom is -0.496 e. The maximum absolute atomic E-state index is 11.5.